The number of thioether (sulfide) groups is 1. The van der Waals surface area contributed by atoms with Crippen LogP contribution in [0.3, 0.4) is 0 Å². The topological polar surface area (TPSA) is 117 Å². The molecule has 0 N–H and O–H groups in total. The maximum atomic E-state index is 13.4. The van der Waals surface area contributed by atoms with Gasteiger partial charge < -0.3 is 4.74 Å². The van der Waals surface area contributed by atoms with E-state index in [9.17, 15) is 24.4 Å². The Morgan fingerprint density at radius 3 is 2.30 bits per heavy atom. The number of aryl methyl sites for hydroxylation is 2. The molecule has 214 valence electrons. The molecule has 1 atom stereocenters. The summed E-state index contributed by atoms with van der Waals surface area (Å²) in [5.41, 5.74) is 4.66. The molecule has 1 saturated heterocycles. The van der Waals surface area contributed by atoms with Crippen LogP contribution in [0.2, 0.25) is 5.02 Å². The molecular weight excluding hydrogens is 586 g/mol. The smallest absolute Gasteiger partial charge is 0.338 e. The molecule has 0 bridgehead atoms. The minimum atomic E-state index is -0.774. The van der Waals surface area contributed by atoms with Crippen molar-refractivity contribution in [2.75, 3.05) is 11.5 Å². The Labute approximate surface area is 257 Å². The number of esters is 1. The Kier molecular flexibility index (Phi) is 8.71. The van der Waals surface area contributed by atoms with Crippen molar-refractivity contribution in [3.05, 3.63) is 112 Å². The van der Waals surface area contributed by atoms with Crippen molar-refractivity contribution in [2.24, 2.45) is 0 Å². The fourth-order valence-electron chi connectivity index (χ4n) is 4.55. The van der Waals surface area contributed by atoms with Crippen LogP contribution < -0.4 is 4.90 Å². The van der Waals surface area contributed by atoms with Crippen LogP contribution in [-0.4, -0.2) is 40.4 Å². The first-order chi connectivity index (χ1) is 20.6. The lowest BCUT2D eigenvalue weighted by Gasteiger charge is -2.16. The fourth-order valence-corrected chi connectivity index (χ4v) is 5.76. The predicted octanol–water partition coefficient (Wildman–Crippen LogP) is 6.35. The number of rotatable bonds is 8. The summed E-state index contributed by atoms with van der Waals surface area (Å²) in [7, 11) is 0. The average Bonchev–Trinajstić information content (AvgIpc) is 3.29. The number of ketones is 1. The highest BCUT2D eigenvalue weighted by Gasteiger charge is 2.41. The number of carbonyl (C=O) groups excluding carboxylic acids is 4. The molecule has 0 spiro atoms. The first-order valence-corrected chi connectivity index (χ1v) is 14.5. The molecule has 1 aliphatic heterocycles. The molecule has 3 aromatic carbocycles. The van der Waals surface area contributed by atoms with Gasteiger partial charge in [0.05, 0.1) is 27.8 Å². The zero-order valence-electron chi connectivity index (χ0n) is 23.2. The van der Waals surface area contributed by atoms with Crippen molar-refractivity contribution in [3.8, 4) is 17.3 Å². The first-order valence-electron chi connectivity index (χ1n) is 13.2. The summed E-state index contributed by atoms with van der Waals surface area (Å²) in [5.74, 6) is -1.95. The van der Waals surface area contributed by atoms with Gasteiger partial charge in [-0.2, -0.15) is 5.26 Å². The van der Waals surface area contributed by atoms with Crippen molar-refractivity contribution in [2.45, 2.75) is 30.5 Å². The van der Waals surface area contributed by atoms with E-state index in [1.165, 1.54) is 24.3 Å². The van der Waals surface area contributed by atoms with E-state index in [1.807, 2.05) is 38.1 Å². The van der Waals surface area contributed by atoms with Gasteiger partial charge in [0.1, 0.15) is 11.1 Å². The van der Waals surface area contributed by atoms with Gasteiger partial charge in [0.25, 0.3) is 0 Å². The number of carbonyl (C=O) groups is 4. The van der Waals surface area contributed by atoms with Crippen LogP contribution >= 0.6 is 23.4 Å². The van der Waals surface area contributed by atoms with E-state index in [1.54, 1.807) is 30.3 Å². The van der Waals surface area contributed by atoms with E-state index < -0.39 is 29.6 Å². The highest BCUT2D eigenvalue weighted by Crippen LogP contribution is 2.36. The number of hydrogen-bond donors (Lipinski definition) is 0. The van der Waals surface area contributed by atoms with E-state index in [0.29, 0.717) is 32.6 Å². The lowest BCUT2D eigenvalue weighted by molar-refractivity contribution is -0.121. The van der Waals surface area contributed by atoms with Gasteiger partial charge in [0, 0.05) is 22.6 Å². The zero-order chi connectivity index (χ0) is 30.7. The fraction of sp³-hybridized carbons (Fsp3) is 0.152. The highest BCUT2D eigenvalue weighted by molar-refractivity contribution is 8.00. The van der Waals surface area contributed by atoms with Crippen molar-refractivity contribution in [3.63, 3.8) is 0 Å². The Morgan fingerprint density at radius 1 is 1.00 bits per heavy atom. The minimum absolute atomic E-state index is 0.0691. The normalized spacial score (nSPS) is 14.5. The SMILES string of the molecule is Cc1ccc(-c2nc(SC3CC(=O)N(c4ccc(C(=O)OCC(=O)c5ccc(Cl)cc5)cc4)C3=O)c(C#N)cc2C)cc1. The first kappa shape index (κ1) is 29.7. The summed E-state index contributed by atoms with van der Waals surface area (Å²) < 4.78 is 5.14. The molecule has 0 aliphatic carbocycles. The minimum Gasteiger partial charge on any atom is -0.454 e. The predicted molar refractivity (Wildman–Crippen MR) is 163 cm³/mol. The van der Waals surface area contributed by atoms with Gasteiger partial charge in [-0.15, -0.1) is 0 Å². The summed E-state index contributed by atoms with van der Waals surface area (Å²) in [6.45, 7) is 3.42. The third-order valence-electron chi connectivity index (χ3n) is 6.84. The molecule has 0 saturated carbocycles. The quantitative estimate of drug-likeness (QED) is 0.129. The molecule has 2 heterocycles. The van der Waals surface area contributed by atoms with E-state index in [4.69, 9.17) is 21.3 Å². The lowest BCUT2D eigenvalue weighted by Crippen LogP contribution is -2.31. The molecule has 1 aromatic heterocycles. The number of nitriles is 1. The van der Waals surface area contributed by atoms with Gasteiger partial charge in [-0.1, -0.05) is 53.2 Å². The van der Waals surface area contributed by atoms with Gasteiger partial charge in [-0.05, 0) is 74.0 Å². The van der Waals surface area contributed by atoms with E-state index in [-0.39, 0.29) is 17.8 Å². The summed E-state index contributed by atoms with van der Waals surface area (Å²) in [5, 5.41) is 9.83. The molecule has 43 heavy (non-hydrogen) atoms. The second kappa shape index (κ2) is 12.6. The summed E-state index contributed by atoms with van der Waals surface area (Å²) in [6, 6.07) is 23.8. The molecule has 1 aliphatic rings. The Bertz CT molecular complexity index is 1780. The van der Waals surface area contributed by atoms with Gasteiger partial charge >= 0.3 is 5.97 Å². The largest absolute Gasteiger partial charge is 0.454 e. The second-order valence-corrected chi connectivity index (χ2v) is 11.5. The molecule has 1 fully saturated rings. The van der Waals surface area contributed by atoms with Gasteiger partial charge in [0.15, 0.2) is 12.4 Å². The highest BCUT2D eigenvalue weighted by atomic mass is 35.5. The standard InChI is InChI=1S/C33H24ClN3O5S/c1-19-3-5-22(6-4-19)30-20(2)15-24(17-35)31(36-30)43-28-16-29(39)37(32(28)40)26-13-9-23(10-14-26)33(41)42-18-27(38)21-7-11-25(34)12-8-21/h3-15,28H,16,18H2,1-2H3. The van der Waals surface area contributed by atoms with Gasteiger partial charge in [-0.25, -0.2) is 14.7 Å². The maximum absolute atomic E-state index is 13.4. The number of nitrogens with zero attached hydrogens (tertiary/aromatic N) is 3. The van der Waals surface area contributed by atoms with Crippen LogP contribution in [0.4, 0.5) is 5.69 Å². The Morgan fingerprint density at radius 2 is 1.65 bits per heavy atom. The zero-order valence-corrected chi connectivity index (χ0v) is 24.7. The third kappa shape index (κ3) is 6.51. The monoisotopic (exact) mass is 609 g/mol. The number of ether oxygens (including phenoxy) is 1. The summed E-state index contributed by atoms with van der Waals surface area (Å²) in [4.78, 5) is 56.9. The Balaban J connectivity index is 1.27. The van der Waals surface area contributed by atoms with Crippen LogP contribution in [0.15, 0.2) is 83.9 Å². The van der Waals surface area contributed by atoms with Crippen molar-refractivity contribution < 1.29 is 23.9 Å². The van der Waals surface area contributed by atoms with Crippen molar-refractivity contribution in [1.82, 2.24) is 4.98 Å². The number of pyridine rings is 1. The number of imide groups is 1. The van der Waals surface area contributed by atoms with E-state index in [0.717, 1.165) is 33.4 Å². The van der Waals surface area contributed by atoms with Gasteiger partial charge in [-0.3, -0.25) is 14.4 Å². The maximum Gasteiger partial charge on any atom is 0.338 e. The molecule has 4 aromatic rings. The van der Waals surface area contributed by atoms with Crippen LogP contribution in [-0.2, 0) is 14.3 Å². The summed E-state index contributed by atoms with van der Waals surface area (Å²) >= 11 is 6.93. The number of amides is 2. The molecule has 8 nitrogen and oxygen atoms in total. The number of halogens is 1. The number of Topliss-reactive ketones (excluding diaryl/α,β-unsaturated/α-hetero) is 1. The number of hydrogen-bond acceptors (Lipinski definition) is 8. The Hall–Kier alpha value is -4.78. The van der Waals surface area contributed by atoms with Crippen LogP contribution in [0.25, 0.3) is 11.3 Å². The van der Waals surface area contributed by atoms with Crippen molar-refractivity contribution in [1.29, 1.82) is 5.26 Å². The summed E-state index contributed by atoms with van der Waals surface area (Å²) in [6.07, 6.45) is -0.0691. The number of aromatic nitrogens is 1. The van der Waals surface area contributed by atoms with Crippen LogP contribution in [0, 0.1) is 25.2 Å². The van der Waals surface area contributed by atoms with Gasteiger partial charge in [0.2, 0.25) is 11.8 Å². The van der Waals surface area contributed by atoms with Crippen LogP contribution in [0.5, 0.6) is 0 Å². The molecular formula is C33H24ClN3O5S. The lowest BCUT2D eigenvalue weighted by atomic mass is 10.0. The number of benzene rings is 3. The average molecular weight is 610 g/mol. The molecule has 5 rings (SSSR count). The van der Waals surface area contributed by atoms with E-state index >= 15 is 0 Å². The van der Waals surface area contributed by atoms with Crippen LogP contribution in [0.1, 0.15) is 43.8 Å². The van der Waals surface area contributed by atoms with Crippen molar-refractivity contribution >= 4 is 52.6 Å². The molecule has 2 amide bonds. The number of anilines is 1. The molecule has 10 heteroatoms. The molecule has 1 unspecified atom stereocenters. The second-order valence-electron chi connectivity index (χ2n) is 9.92. The molecule has 0 radical (unpaired) electrons. The third-order valence-corrected chi connectivity index (χ3v) is 8.28. The van der Waals surface area contributed by atoms with E-state index in [2.05, 4.69) is 6.07 Å².